The number of nitriles is 1. The predicted octanol–water partition coefficient (Wildman–Crippen LogP) is 5.04. The van der Waals surface area contributed by atoms with Gasteiger partial charge in [-0.05, 0) is 134 Å². The highest BCUT2D eigenvalue weighted by Gasteiger charge is 2.40. The van der Waals surface area contributed by atoms with Crippen LogP contribution in [0.2, 0.25) is 39.3 Å². The van der Waals surface area contributed by atoms with E-state index < -0.39 is 47.5 Å². The molecule has 56 heavy (non-hydrogen) atoms. The fraction of sp³-hybridized carbons (Fsp3) is 0.650. The van der Waals surface area contributed by atoms with Crippen LogP contribution in [0.15, 0.2) is 12.1 Å². The van der Waals surface area contributed by atoms with E-state index in [1.54, 1.807) is 0 Å². The lowest BCUT2D eigenvalue weighted by molar-refractivity contribution is 0.212. The standard InChI is InChI=1S/C20H31N3O3SSi.C13H13NO.C7H18N2O2SSi/c1-28(2,3)13-23-11-16(12-23)27(25,26)22-20(24)21-19-17-8-4-6-14(17)10-15-7-5-9-18(15)19;14-8-15-13-11-5-1-3-9(11)7-10-4-2-6-12(10)13;1-13(2,3)6-9-4-7(5-9)12(8,10)11/h10,16H,4-9,11-13H2,1-3H3,(H2,21,22,24);7H,1-6H2;7H,4-6H2,1-3H3,(H2,8,10,11). The number of primary sulfonamides is 1. The second-order valence-electron chi connectivity index (χ2n) is 19.1. The zero-order valence-corrected chi connectivity index (χ0v) is 37.9. The van der Waals surface area contributed by atoms with Crippen LogP contribution in [0.4, 0.5) is 10.5 Å². The molecule has 0 aromatic heterocycles. The van der Waals surface area contributed by atoms with Gasteiger partial charge in [0, 0.05) is 31.9 Å². The average molecular weight is 843 g/mol. The zero-order chi connectivity index (χ0) is 40.6. The number of hydrogen-bond acceptors (Lipinski definition) is 9. The van der Waals surface area contributed by atoms with Gasteiger partial charge in [-0.1, -0.05) is 51.4 Å². The second kappa shape index (κ2) is 16.8. The van der Waals surface area contributed by atoms with Gasteiger partial charge in [0.15, 0.2) is 0 Å². The number of ether oxygens (including phenoxy) is 1. The van der Waals surface area contributed by atoms with Crippen molar-refractivity contribution in [3.8, 4) is 12.0 Å². The van der Waals surface area contributed by atoms with Gasteiger partial charge in [0.05, 0.1) is 16.1 Å². The summed E-state index contributed by atoms with van der Waals surface area (Å²) in [5, 5.41) is 15.8. The number of anilines is 1. The van der Waals surface area contributed by atoms with Crippen LogP contribution in [-0.2, 0) is 71.4 Å². The van der Waals surface area contributed by atoms with E-state index in [0.29, 0.717) is 26.2 Å². The van der Waals surface area contributed by atoms with Gasteiger partial charge in [0.2, 0.25) is 20.0 Å². The molecule has 4 N–H and O–H groups in total. The topological polar surface area (TPSA) is 175 Å². The summed E-state index contributed by atoms with van der Waals surface area (Å²) in [7, 11) is -9.27. The van der Waals surface area contributed by atoms with E-state index in [1.165, 1.54) is 57.3 Å². The number of aryl methyl sites for hydroxylation is 4. The maximum atomic E-state index is 12.6. The SMILES string of the molecule is C[Si](C)(C)CN1CC(S(=O)(=O)NC(=O)Nc2c3c(cc4c2CCC4)CCC3)C1.C[Si](C)(C)CN1CC(S(N)(=O)=O)C1.N#COc1c2c(cc3c1CCC3)CCC2. The zero-order valence-electron chi connectivity index (χ0n) is 34.2. The fourth-order valence-corrected chi connectivity index (χ4v) is 14.6. The molecule has 0 unspecified atom stereocenters. The number of amides is 2. The van der Waals surface area contributed by atoms with Crippen molar-refractivity contribution in [1.29, 1.82) is 5.26 Å². The number of fused-ring (bicyclic) bond motifs is 4. The highest BCUT2D eigenvalue weighted by Crippen LogP contribution is 2.40. The van der Waals surface area contributed by atoms with E-state index in [2.05, 4.69) is 71.3 Å². The Kier molecular flexibility index (Phi) is 12.9. The van der Waals surface area contributed by atoms with Crippen LogP contribution in [0.5, 0.6) is 5.75 Å². The first-order valence-corrected chi connectivity index (χ1v) is 31.0. The molecule has 8 rings (SSSR count). The van der Waals surface area contributed by atoms with E-state index in [9.17, 15) is 21.6 Å². The van der Waals surface area contributed by atoms with E-state index in [1.807, 2.05) is 6.26 Å². The molecule has 2 aliphatic heterocycles. The minimum absolute atomic E-state index is 0.316. The molecule has 0 bridgehead atoms. The second-order valence-corrected chi connectivity index (χ2v) is 33.7. The normalized spacial score (nSPS) is 19.5. The van der Waals surface area contributed by atoms with Crippen LogP contribution >= 0.6 is 0 Å². The summed E-state index contributed by atoms with van der Waals surface area (Å²) in [6, 6.07) is 4.03. The molecule has 308 valence electrons. The smallest absolute Gasteiger partial charge is 0.332 e. The van der Waals surface area contributed by atoms with E-state index in [-0.39, 0.29) is 5.25 Å². The van der Waals surface area contributed by atoms with E-state index in [4.69, 9.17) is 15.1 Å². The maximum absolute atomic E-state index is 12.6. The lowest BCUT2D eigenvalue weighted by Crippen LogP contribution is -2.61. The van der Waals surface area contributed by atoms with E-state index >= 15 is 0 Å². The molecular formula is C40H62N6O6S2Si2. The van der Waals surface area contributed by atoms with Crippen molar-refractivity contribution in [2.24, 2.45) is 5.14 Å². The number of nitrogens with zero attached hydrogens (tertiary/aromatic N) is 3. The molecule has 16 heteroatoms. The van der Waals surface area contributed by atoms with Crippen LogP contribution in [-0.4, -0.2) is 97.8 Å². The number of carbonyl (C=O) groups is 1. The molecule has 2 aromatic rings. The molecule has 2 saturated heterocycles. The lowest BCUT2D eigenvalue weighted by Gasteiger charge is -2.41. The third-order valence-corrected chi connectivity index (χ3v) is 17.3. The summed E-state index contributed by atoms with van der Waals surface area (Å²) in [5.41, 5.74) is 11.4. The fourth-order valence-electron chi connectivity index (χ4n) is 9.30. The molecule has 0 spiro atoms. The molecule has 0 radical (unpaired) electrons. The number of likely N-dealkylation sites (tertiary alicyclic amines) is 2. The quantitative estimate of drug-likeness (QED) is 0.231. The molecule has 2 amide bonds. The Balaban J connectivity index is 0.000000159. The number of rotatable bonds is 9. The molecule has 6 aliphatic rings. The van der Waals surface area contributed by atoms with Gasteiger partial charge >= 0.3 is 6.03 Å². The minimum Gasteiger partial charge on any atom is -0.387 e. The monoisotopic (exact) mass is 842 g/mol. The van der Waals surface area contributed by atoms with Crippen molar-refractivity contribution >= 4 is 47.9 Å². The average Bonchev–Trinajstić information content (AvgIpc) is 3.86. The maximum Gasteiger partial charge on any atom is 0.332 e. The molecule has 2 aromatic carbocycles. The number of benzene rings is 2. The van der Waals surface area contributed by atoms with Crippen LogP contribution in [0, 0.1) is 11.5 Å². The molecule has 0 saturated carbocycles. The van der Waals surface area contributed by atoms with Crippen molar-refractivity contribution in [1.82, 2.24) is 14.5 Å². The van der Waals surface area contributed by atoms with Crippen LogP contribution < -0.4 is 19.9 Å². The highest BCUT2D eigenvalue weighted by molar-refractivity contribution is 7.90. The van der Waals surface area contributed by atoms with Crippen molar-refractivity contribution in [3.63, 3.8) is 0 Å². The number of nitrogens with one attached hydrogen (secondary N) is 2. The van der Waals surface area contributed by atoms with Crippen LogP contribution in [0.1, 0.15) is 70.2 Å². The third kappa shape index (κ3) is 10.4. The van der Waals surface area contributed by atoms with Gasteiger partial charge in [-0.15, -0.1) is 5.26 Å². The van der Waals surface area contributed by atoms with Gasteiger partial charge in [0.25, 0.3) is 6.26 Å². The first-order valence-electron chi connectivity index (χ1n) is 20.4. The largest absolute Gasteiger partial charge is 0.387 e. The van der Waals surface area contributed by atoms with Crippen molar-refractivity contribution < 1.29 is 26.4 Å². The first kappa shape index (κ1) is 42.8. The Bertz CT molecular complexity index is 2020. The van der Waals surface area contributed by atoms with Gasteiger partial charge < -0.3 is 19.9 Å². The Labute approximate surface area is 337 Å². The first-order chi connectivity index (χ1) is 26.2. The molecule has 2 heterocycles. The minimum atomic E-state index is -3.65. The number of sulfonamides is 2. The lowest BCUT2D eigenvalue weighted by atomic mass is 9.99. The van der Waals surface area contributed by atoms with Crippen molar-refractivity contribution in [3.05, 3.63) is 56.6 Å². The van der Waals surface area contributed by atoms with E-state index in [0.717, 1.165) is 88.0 Å². The molecule has 4 aliphatic carbocycles. The summed E-state index contributed by atoms with van der Waals surface area (Å²) in [6.45, 7) is 15.9. The number of nitrogens with two attached hydrogens (primary N) is 1. The van der Waals surface area contributed by atoms with Crippen LogP contribution in [0.25, 0.3) is 0 Å². The highest BCUT2D eigenvalue weighted by atomic mass is 32.2. The summed E-state index contributed by atoms with van der Waals surface area (Å²) >= 11 is 0. The summed E-state index contributed by atoms with van der Waals surface area (Å²) in [5.74, 6) is 0.903. The molecule has 12 nitrogen and oxygen atoms in total. The Morgan fingerprint density at radius 1 is 0.714 bits per heavy atom. The van der Waals surface area contributed by atoms with Crippen molar-refractivity contribution in [2.75, 3.05) is 43.8 Å². The molecular weight excluding hydrogens is 781 g/mol. The number of hydrogen-bond donors (Lipinski definition) is 3. The summed E-state index contributed by atoms with van der Waals surface area (Å²) in [4.78, 5) is 16.9. The predicted molar refractivity (Wildman–Crippen MR) is 229 cm³/mol. The summed E-state index contributed by atoms with van der Waals surface area (Å²) in [6.07, 6.45) is 17.0. The van der Waals surface area contributed by atoms with Crippen molar-refractivity contribution in [2.45, 2.75) is 127 Å². The van der Waals surface area contributed by atoms with Gasteiger partial charge in [-0.3, -0.25) is 0 Å². The van der Waals surface area contributed by atoms with Gasteiger partial charge in [-0.25, -0.2) is 31.5 Å². The molecule has 0 atom stereocenters. The Morgan fingerprint density at radius 2 is 1.11 bits per heavy atom. The summed E-state index contributed by atoms with van der Waals surface area (Å²) < 4.78 is 54.5. The number of carbonyl (C=O) groups excluding carboxylic acids is 1. The van der Waals surface area contributed by atoms with Crippen LogP contribution in [0.3, 0.4) is 0 Å². The van der Waals surface area contributed by atoms with Gasteiger partial charge in [0.1, 0.15) is 16.2 Å². The number of urea groups is 1. The third-order valence-electron chi connectivity index (χ3n) is 11.7. The molecule has 2 fully saturated rings. The Hall–Kier alpha value is -2.79. The Morgan fingerprint density at radius 3 is 1.50 bits per heavy atom. The van der Waals surface area contributed by atoms with Gasteiger partial charge in [-0.2, -0.15) is 0 Å².